The van der Waals surface area contributed by atoms with Crippen LogP contribution in [0.4, 0.5) is 17.5 Å². The van der Waals surface area contributed by atoms with E-state index in [9.17, 15) is 13.2 Å². The lowest BCUT2D eigenvalue weighted by Crippen LogP contribution is -2.13. The molecule has 0 aliphatic heterocycles. The van der Waals surface area contributed by atoms with Crippen LogP contribution < -0.4 is 17.0 Å². The van der Waals surface area contributed by atoms with Crippen molar-refractivity contribution in [1.82, 2.24) is 9.97 Å². The first kappa shape index (κ1) is 14.9. The number of rotatable bonds is 3. The van der Waals surface area contributed by atoms with Gasteiger partial charge in [-0.15, -0.1) is 5.11 Å². The average Bonchev–Trinajstić information content (AvgIpc) is 2.36. The normalized spacial score (nSPS) is 15.9. The minimum atomic E-state index is -4.42. The minimum absolute atomic E-state index is 0.0237. The van der Waals surface area contributed by atoms with Crippen LogP contribution in [0.15, 0.2) is 37.8 Å². The van der Waals surface area contributed by atoms with Crippen molar-refractivity contribution in [1.29, 1.82) is 0 Å². The Bertz CT molecular complexity index is 820. The Morgan fingerprint density at radius 3 is 2.67 bits per heavy atom. The summed E-state index contributed by atoms with van der Waals surface area (Å²) >= 11 is 0. The zero-order valence-corrected chi connectivity index (χ0v) is 11.5. The molecular weight excluding hydrogens is 300 g/mol. The largest absolute Gasteiger partial charge is 0.382 e. The fourth-order valence-electron chi connectivity index (χ4n) is 1.67. The molecule has 0 spiro atoms. The molecule has 10 nitrogen and oxygen atoms in total. The van der Waals surface area contributed by atoms with Crippen molar-refractivity contribution in [3.63, 3.8) is 0 Å². The van der Waals surface area contributed by atoms with Gasteiger partial charge in [-0.2, -0.15) is 18.5 Å². The number of azo groups is 1. The summed E-state index contributed by atoms with van der Waals surface area (Å²) in [4.78, 5) is 17.0. The van der Waals surface area contributed by atoms with E-state index in [2.05, 4.69) is 20.2 Å². The molecule has 0 fully saturated rings. The molecule has 1 aromatic heterocycles. The zero-order chi connectivity index (χ0) is 15.6. The molecule has 0 bridgehead atoms. The first-order chi connectivity index (χ1) is 9.79. The van der Waals surface area contributed by atoms with Gasteiger partial charge in [0.15, 0.2) is 11.5 Å². The maximum absolute atomic E-state index is 11.6. The van der Waals surface area contributed by atoms with Crippen molar-refractivity contribution in [3.05, 3.63) is 33.1 Å². The number of nitrogens with two attached hydrogens (primary N) is 2. The molecule has 0 saturated heterocycles. The molecule has 1 aliphatic rings. The van der Waals surface area contributed by atoms with E-state index in [0.717, 1.165) is 0 Å². The van der Waals surface area contributed by atoms with Crippen LogP contribution in [-0.4, -0.2) is 22.9 Å². The second-order valence-electron chi connectivity index (χ2n) is 4.11. The van der Waals surface area contributed by atoms with Gasteiger partial charge in [0, 0.05) is 0 Å². The van der Waals surface area contributed by atoms with Gasteiger partial charge in [0.05, 0.1) is 5.70 Å². The molecule has 0 radical (unpaired) electrons. The predicted octanol–water partition coefficient (Wildman–Crippen LogP) is 0.467. The summed E-state index contributed by atoms with van der Waals surface area (Å²) in [6.45, 7) is 0. The zero-order valence-electron chi connectivity index (χ0n) is 10.6. The van der Waals surface area contributed by atoms with E-state index in [1.54, 1.807) is 6.08 Å². The van der Waals surface area contributed by atoms with Crippen LogP contribution in [0, 0.1) is 0 Å². The number of hydrogen-bond acceptors (Lipinski definition) is 8. The van der Waals surface area contributed by atoms with Gasteiger partial charge < -0.3 is 11.5 Å². The predicted molar refractivity (Wildman–Crippen MR) is 75.1 cm³/mol. The van der Waals surface area contributed by atoms with E-state index in [1.807, 2.05) is 0 Å². The Labute approximate surface area is 119 Å². The summed E-state index contributed by atoms with van der Waals surface area (Å²) in [6, 6.07) is 0. The van der Waals surface area contributed by atoms with Gasteiger partial charge in [-0.25, -0.2) is 0 Å². The van der Waals surface area contributed by atoms with Gasteiger partial charge in [0.25, 0.3) is 15.7 Å². The van der Waals surface area contributed by atoms with Gasteiger partial charge in [0.1, 0.15) is 4.91 Å². The second kappa shape index (κ2) is 5.46. The van der Waals surface area contributed by atoms with Crippen molar-refractivity contribution in [2.24, 2.45) is 10.2 Å². The lowest BCUT2D eigenvalue weighted by atomic mass is 10.1. The standard InChI is InChI=1S/C10H12N6O4S/c11-8-7(9(17)14-10(12)13-8)16-15-5-3-1-2-4-6(5)21(18,19)20/h2,4H,1,3H2,(H,18,19,20)(H5,11,12,13,14,17). The summed E-state index contributed by atoms with van der Waals surface area (Å²) in [5, 5.41) is 7.29. The van der Waals surface area contributed by atoms with Gasteiger partial charge >= 0.3 is 0 Å². The highest BCUT2D eigenvalue weighted by molar-refractivity contribution is 7.90. The monoisotopic (exact) mass is 312 g/mol. The first-order valence-corrected chi connectivity index (χ1v) is 7.17. The number of nitrogens with one attached hydrogen (secondary N) is 1. The van der Waals surface area contributed by atoms with Gasteiger partial charge in [-0.3, -0.25) is 14.3 Å². The quantitative estimate of drug-likeness (QED) is 0.462. The highest BCUT2D eigenvalue weighted by atomic mass is 32.2. The summed E-state index contributed by atoms with van der Waals surface area (Å²) in [6.07, 6.45) is 3.57. The highest BCUT2D eigenvalue weighted by Crippen LogP contribution is 2.25. The fourth-order valence-corrected chi connectivity index (χ4v) is 2.38. The smallest absolute Gasteiger partial charge is 0.296 e. The summed E-state index contributed by atoms with van der Waals surface area (Å²) in [7, 11) is -4.42. The molecule has 1 aromatic rings. The highest BCUT2D eigenvalue weighted by Gasteiger charge is 2.19. The molecule has 6 N–H and O–H groups in total. The summed E-state index contributed by atoms with van der Waals surface area (Å²) in [5.41, 5.74) is 9.82. The molecule has 11 heteroatoms. The van der Waals surface area contributed by atoms with Crippen LogP contribution in [0.2, 0.25) is 0 Å². The van der Waals surface area contributed by atoms with Crippen molar-refractivity contribution >= 4 is 27.6 Å². The molecular formula is C10H12N6O4S. The van der Waals surface area contributed by atoms with Crippen LogP contribution in [0.3, 0.4) is 0 Å². The van der Waals surface area contributed by atoms with Gasteiger partial charge in [-0.05, 0) is 18.9 Å². The maximum atomic E-state index is 11.6. The third-order valence-corrected chi connectivity index (χ3v) is 3.52. The third-order valence-electron chi connectivity index (χ3n) is 2.59. The van der Waals surface area contributed by atoms with Crippen LogP contribution >= 0.6 is 0 Å². The SMILES string of the molecule is Nc1nc(N)c(N=NC2=C(S(=O)(=O)O)C=CCC2)c(=O)[nH]1. The third kappa shape index (κ3) is 3.32. The van der Waals surface area contributed by atoms with Crippen molar-refractivity contribution in [2.45, 2.75) is 12.8 Å². The Kier molecular flexibility index (Phi) is 3.86. The Balaban J connectivity index is 2.48. The lowest BCUT2D eigenvalue weighted by molar-refractivity contribution is 0.491. The van der Waals surface area contributed by atoms with E-state index in [4.69, 9.17) is 16.0 Å². The van der Waals surface area contributed by atoms with Crippen molar-refractivity contribution in [3.8, 4) is 0 Å². The summed E-state index contributed by atoms with van der Waals surface area (Å²) in [5.74, 6) is -0.407. The molecule has 0 amide bonds. The maximum Gasteiger partial charge on any atom is 0.296 e. The molecule has 0 saturated carbocycles. The van der Waals surface area contributed by atoms with Gasteiger partial charge in [0.2, 0.25) is 5.95 Å². The first-order valence-electron chi connectivity index (χ1n) is 5.73. The molecule has 1 heterocycles. The number of hydrogen-bond donors (Lipinski definition) is 4. The second-order valence-corrected chi connectivity index (χ2v) is 5.50. The number of aromatic amines is 1. The average molecular weight is 312 g/mol. The molecule has 1 aliphatic carbocycles. The van der Waals surface area contributed by atoms with E-state index < -0.39 is 15.7 Å². The summed E-state index contributed by atoms with van der Waals surface area (Å²) < 4.78 is 31.5. The minimum Gasteiger partial charge on any atom is -0.382 e. The topological polar surface area (TPSA) is 177 Å². The molecule has 112 valence electrons. The van der Waals surface area contributed by atoms with Crippen molar-refractivity contribution in [2.75, 3.05) is 11.5 Å². The number of nitrogen functional groups attached to an aromatic ring is 2. The van der Waals surface area contributed by atoms with E-state index >= 15 is 0 Å². The number of H-pyrrole nitrogens is 1. The molecule has 0 aromatic carbocycles. The van der Waals surface area contributed by atoms with Crippen LogP contribution in [0.1, 0.15) is 12.8 Å². The molecule has 21 heavy (non-hydrogen) atoms. The molecule has 0 unspecified atom stereocenters. The van der Waals surface area contributed by atoms with Crippen molar-refractivity contribution < 1.29 is 13.0 Å². The van der Waals surface area contributed by atoms with E-state index in [1.165, 1.54) is 6.08 Å². The van der Waals surface area contributed by atoms with Crippen LogP contribution in [0.5, 0.6) is 0 Å². The molecule has 0 atom stereocenters. The van der Waals surface area contributed by atoms with Crippen LogP contribution in [-0.2, 0) is 10.1 Å². The fraction of sp³-hybridized carbons (Fsp3) is 0.200. The Hall–Kier alpha value is -2.53. The number of aromatic nitrogens is 2. The van der Waals surface area contributed by atoms with E-state index in [-0.39, 0.29) is 34.5 Å². The number of anilines is 2. The number of allylic oxidation sites excluding steroid dienone is 3. The molecule has 2 rings (SSSR count). The Morgan fingerprint density at radius 2 is 2.05 bits per heavy atom. The van der Waals surface area contributed by atoms with Gasteiger partial charge in [-0.1, -0.05) is 6.08 Å². The van der Waals surface area contributed by atoms with E-state index in [0.29, 0.717) is 6.42 Å². The Morgan fingerprint density at radius 1 is 1.33 bits per heavy atom. The number of nitrogens with zero attached hydrogens (tertiary/aromatic N) is 3. The lowest BCUT2D eigenvalue weighted by Gasteiger charge is -2.08. The van der Waals surface area contributed by atoms with Crippen LogP contribution in [0.25, 0.3) is 0 Å².